The van der Waals surface area contributed by atoms with Crippen molar-refractivity contribution in [2.45, 2.75) is 19.8 Å². The molecule has 94 valence electrons. The number of urea groups is 1. The van der Waals surface area contributed by atoms with E-state index in [1.54, 1.807) is 17.9 Å². The highest BCUT2D eigenvalue weighted by Gasteiger charge is 2.11. The van der Waals surface area contributed by atoms with Gasteiger partial charge in [0.05, 0.1) is 11.4 Å². The Balaban J connectivity index is 2.58. The zero-order chi connectivity index (χ0) is 12.8. The van der Waals surface area contributed by atoms with Gasteiger partial charge in [0.2, 0.25) is 5.91 Å². The van der Waals surface area contributed by atoms with E-state index in [1.807, 2.05) is 6.92 Å². The van der Waals surface area contributed by atoms with Gasteiger partial charge in [0.15, 0.2) is 0 Å². The minimum Gasteiger partial charge on any atom is -0.304 e. The Bertz CT molecular complexity index is 416. The summed E-state index contributed by atoms with van der Waals surface area (Å²) in [4.78, 5) is 22.6. The van der Waals surface area contributed by atoms with Crippen molar-refractivity contribution >= 4 is 29.2 Å². The van der Waals surface area contributed by atoms with Gasteiger partial charge in [0, 0.05) is 25.5 Å². The Morgan fingerprint density at radius 1 is 1.53 bits per heavy atom. The molecule has 0 spiro atoms. The Morgan fingerprint density at radius 2 is 2.24 bits per heavy atom. The van der Waals surface area contributed by atoms with E-state index in [2.05, 4.69) is 15.7 Å². The van der Waals surface area contributed by atoms with Crippen LogP contribution >= 0.6 is 11.6 Å². The molecule has 0 aliphatic carbocycles. The van der Waals surface area contributed by atoms with E-state index in [4.69, 9.17) is 11.6 Å². The number of aryl methyl sites for hydroxylation is 2. The lowest BCUT2D eigenvalue weighted by molar-refractivity contribution is -0.119. The fourth-order valence-corrected chi connectivity index (χ4v) is 1.50. The number of nitrogens with zero attached hydrogens (tertiary/aromatic N) is 2. The molecule has 0 aliphatic rings. The highest BCUT2D eigenvalue weighted by Crippen LogP contribution is 2.13. The lowest BCUT2D eigenvalue weighted by atomic mass is 10.3. The summed E-state index contributed by atoms with van der Waals surface area (Å²) in [6, 6.07) is -0.567. The van der Waals surface area contributed by atoms with Crippen LogP contribution in [-0.4, -0.2) is 27.6 Å². The van der Waals surface area contributed by atoms with Crippen molar-refractivity contribution in [1.29, 1.82) is 0 Å². The zero-order valence-corrected chi connectivity index (χ0v) is 10.5. The highest BCUT2D eigenvalue weighted by molar-refractivity contribution is 6.19. The third kappa shape index (κ3) is 4.07. The summed E-state index contributed by atoms with van der Waals surface area (Å²) in [7, 11) is 1.76. The molecule has 1 heterocycles. The first-order valence-electron chi connectivity index (χ1n) is 5.26. The number of halogens is 1. The summed E-state index contributed by atoms with van der Waals surface area (Å²) in [6.07, 6.45) is 2.50. The molecule has 0 aliphatic heterocycles. The van der Waals surface area contributed by atoms with E-state index in [0.717, 1.165) is 5.69 Å². The average molecular weight is 259 g/mol. The summed E-state index contributed by atoms with van der Waals surface area (Å²) in [5, 5.41) is 8.92. The van der Waals surface area contributed by atoms with E-state index in [-0.39, 0.29) is 12.3 Å². The minimum absolute atomic E-state index is 0.114. The monoisotopic (exact) mass is 258 g/mol. The van der Waals surface area contributed by atoms with Gasteiger partial charge in [0.25, 0.3) is 0 Å². The lowest BCUT2D eigenvalue weighted by Gasteiger charge is -2.04. The molecule has 0 atom stereocenters. The fourth-order valence-electron chi connectivity index (χ4n) is 1.33. The first-order valence-corrected chi connectivity index (χ1v) is 5.79. The molecule has 7 heteroatoms. The summed E-state index contributed by atoms with van der Waals surface area (Å²) < 4.78 is 1.61. The summed E-state index contributed by atoms with van der Waals surface area (Å²) in [5.74, 6) is -0.217. The molecule has 0 bridgehead atoms. The van der Waals surface area contributed by atoms with Crippen molar-refractivity contribution in [3.8, 4) is 0 Å². The predicted octanol–water partition coefficient (Wildman–Crippen LogP) is 1.26. The van der Waals surface area contributed by atoms with E-state index in [0.29, 0.717) is 12.1 Å². The molecule has 0 saturated heterocycles. The van der Waals surface area contributed by atoms with Crippen LogP contribution in [0.4, 0.5) is 10.5 Å². The van der Waals surface area contributed by atoms with E-state index < -0.39 is 11.9 Å². The lowest BCUT2D eigenvalue weighted by Crippen LogP contribution is -2.34. The predicted molar refractivity (Wildman–Crippen MR) is 65.1 cm³/mol. The Morgan fingerprint density at radius 3 is 2.82 bits per heavy atom. The third-order valence-corrected chi connectivity index (χ3v) is 2.25. The van der Waals surface area contributed by atoms with Crippen LogP contribution in [0.3, 0.4) is 0 Å². The number of nitrogens with one attached hydrogen (secondary N) is 2. The molecule has 6 nitrogen and oxygen atoms in total. The van der Waals surface area contributed by atoms with Crippen LogP contribution in [-0.2, 0) is 18.3 Å². The van der Waals surface area contributed by atoms with Gasteiger partial charge in [-0.2, -0.15) is 5.10 Å². The smallest absolute Gasteiger partial charge is 0.304 e. The van der Waals surface area contributed by atoms with E-state index >= 15 is 0 Å². The second-order valence-electron chi connectivity index (χ2n) is 3.46. The topological polar surface area (TPSA) is 76.0 Å². The van der Waals surface area contributed by atoms with Crippen molar-refractivity contribution in [3.05, 3.63) is 11.9 Å². The van der Waals surface area contributed by atoms with Gasteiger partial charge in [-0.05, 0) is 6.42 Å². The number of hydrogen-bond donors (Lipinski definition) is 2. The van der Waals surface area contributed by atoms with E-state index in [9.17, 15) is 9.59 Å². The molecule has 0 radical (unpaired) electrons. The number of amides is 3. The van der Waals surface area contributed by atoms with Gasteiger partial charge >= 0.3 is 6.03 Å². The molecule has 2 N–H and O–H groups in total. The van der Waals surface area contributed by atoms with Crippen molar-refractivity contribution < 1.29 is 9.59 Å². The van der Waals surface area contributed by atoms with Gasteiger partial charge in [-0.25, -0.2) is 4.79 Å². The SMILES string of the molecule is CCc1nn(C)cc1NC(=O)NC(=O)CCCl. The number of carbonyl (C=O) groups excluding carboxylic acids is 2. The molecule has 1 aromatic rings. The number of rotatable bonds is 4. The Hall–Kier alpha value is -1.56. The van der Waals surface area contributed by atoms with Gasteiger partial charge in [-0.1, -0.05) is 6.92 Å². The van der Waals surface area contributed by atoms with Crippen LogP contribution in [0, 0.1) is 0 Å². The zero-order valence-electron chi connectivity index (χ0n) is 9.79. The molecular formula is C10H15ClN4O2. The van der Waals surface area contributed by atoms with Crippen LogP contribution < -0.4 is 10.6 Å². The molecule has 0 unspecified atom stereocenters. The number of imide groups is 1. The fraction of sp³-hybridized carbons (Fsp3) is 0.500. The molecule has 1 rings (SSSR count). The molecule has 17 heavy (non-hydrogen) atoms. The minimum atomic E-state index is -0.567. The molecule has 0 saturated carbocycles. The standard InChI is InChI=1S/C10H15ClN4O2/c1-3-7-8(6-15(2)14-7)12-10(17)13-9(16)4-5-11/h6H,3-5H2,1-2H3,(H2,12,13,16,17). The quantitative estimate of drug-likeness (QED) is 0.799. The number of hydrogen-bond acceptors (Lipinski definition) is 3. The maximum absolute atomic E-state index is 11.5. The number of alkyl halides is 1. The summed E-state index contributed by atoms with van der Waals surface area (Å²) in [5.41, 5.74) is 1.37. The number of carbonyl (C=O) groups is 2. The van der Waals surface area contributed by atoms with Crippen LogP contribution in [0.5, 0.6) is 0 Å². The maximum Gasteiger partial charge on any atom is 0.325 e. The van der Waals surface area contributed by atoms with E-state index in [1.165, 1.54) is 0 Å². The largest absolute Gasteiger partial charge is 0.325 e. The molecule has 3 amide bonds. The average Bonchev–Trinajstić information content (AvgIpc) is 2.58. The van der Waals surface area contributed by atoms with Crippen LogP contribution in [0.1, 0.15) is 19.0 Å². The van der Waals surface area contributed by atoms with Gasteiger partial charge < -0.3 is 5.32 Å². The molecule has 1 aromatic heterocycles. The van der Waals surface area contributed by atoms with Crippen molar-refractivity contribution in [2.75, 3.05) is 11.2 Å². The molecular weight excluding hydrogens is 244 g/mol. The first-order chi connectivity index (χ1) is 8.06. The van der Waals surface area contributed by atoms with Crippen molar-refractivity contribution in [1.82, 2.24) is 15.1 Å². The highest BCUT2D eigenvalue weighted by atomic mass is 35.5. The Labute approximate surface area is 104 Å². The van der Waals surface area contributed by atoms with Crippen LogP contribution in [0.15, 0.2) is 6.20 Å². The third-order valence-electron chi connectivity index (χ3n) is 2.06. The first kappa shape index (κ1) is 13.5. The maximum atomic E-state index is 11.5. The molecule has 0 aromatic carbocycles. The number of anilines is 1. The van der Waals surface area contributed by atoms with Gasteiger partial charge in [0.1, 0.15) is 0 Å². The Kier molecular flexibility index (Phi) is 4.96. The van der Waals surface area contributed by atoms with Gasteiger partial charge in [-0.15, -0.1) is 11.6 Å². The summed E-state index contributed by atoms with van der Waals surface area (Å²) >= 11 is 5.39. The second kappa shape index (κ2) is 6.24. The number of aromatic nitrogens is 2. The second-order valence-corrected chi connectivity index (χ2v) is 3.84. The van der Waals surface area contributed by atoms with Crippen molar-refractivity contribution in [3.63, 3.8) is 0 Å². The van der Waals surface area contributed by atoms with Gasteiger partial charge in [-0.3, -0.25) is 14.8 Å². The van der Waals surface area contributed by atoms with Crippen molar-refractivity contribution in [2.24, 2.45) is 7.05 Å². The summed E-state index contributed by atoms with van der Waals surface area (Å²) in [6.45, 7) is 1.93. The molecule has 0 fully saturated rings. The van der Waals surface area contributed by atoms with Crippen LogP contribution in [0.2, 0.25) is 0 Å². The van der Waals surface area contributed by atoms with Crippen LogP contribution in [0.25, 0.3) is 0 Å². The normalized spacial score (nSPS) is 10.1.